The molecule has 5 nitrogen and oxygen atoms in total. The maximum Gasteiger partial charge on any atom is 0.191 e. The lowest BCUT2D eigenvalue weighted by Crippen LogP contribution is -2.12. The monoisotopic (exact) mass is 225 g/mol. The van der Waals surface area contributed by atoms with Crippen LogP contribution in [0.4, 0.5) is 0 Å². The number of unbranched alkanes of at least 4 members (excludes halogenated alkanes) is 1. The summed E-state index contributed by atoms with van der Waals surface area (Å²) >= 11 is 1.63. The van der Waals surface area contributed by atoms with E-state index in [1.807, 2.05) is 11.5 Å². The molecule has 1 heterocycles. The number of nitrogens with zero attached hydrogens (tertiary/aromatic N) is 4. The van der Waals surface area contributed by atoms with Crippen LogP contribution >= 0.6 is 11.8 Å². The smallest absolute Gasteiger partial charge is 0.191 e. The van der Waals surface area contributed by atoms with Gasteiger partial charge in [0, 0.05) is 25.3 Å². The van der Waals surface area contributed by atoms with Crippen LogP contribution in [0.25, 0.3) is 0 Å². The largest absolute Gasteiger partial charge is 0.329 e. The molecule has 0 radical (unpaired) electrons. The number of hydrogen-bond acceptors (Lipinski definition) is 5. The quantitative estimate of drug-likeness (QED) is 0.575. The lowest BCUT2D eigenvalue weighted by atomic mass is 10.4. The van der Waals surface area contributed by atoms with E-state index in [0.29, 0.717) is 13.0 Å². The van der Waals surface area contributed by atoms with Gasteiger partial charge >= 0.3 is 0 Å². The van der Waals surface area contributed by atoms with Crippen LogP contribution in [0.1, 0.15) is 18.7 Å². The molecule has 15 heavy (non-hydrogen) atoms. The van der Waals surface area contributed by atoms with Gasteiger partial charge in [0.25, 0.3) is 0 Å². The molecular formula is C9H15N5S. The molecule has 0 saturated heterocycles. The third-order valence-electron chi connectivity index (χ3n) is 1.92. The Labute approximate surface area is 93.7 Å². The number of thioether (sulfide) groups is 1. The zero-order valence-corrected chi connectivity index (χ0v) is 9.63. The highest BCUT2D eigenvalue weighted by atomic mass is 32.2. The minimum atomic E-state index is 0.588. The lowest BCUT2D eigenvalue weighted by Gasteiger charge is -2.05. The summed E-state index contributed by atoms with van der Waals surface area (Å²) in [5.74, 6) is 1.79. The zero-order chi connectivity index (χ0) is 11.1. The number of rotatable bonds is 6. The average molecular weight is 225 g/mol. The van der Waals surface area contributed by atoms with E-state index < -0.39 is 0 Å². The van der Waals surface area contributed by atoms with Crippen LogP contribution in [0.5, 0.6) is 0 Å². The third-order valence-corrected chi connectivity index (χ3v) is 2.97. The van der Waals surface area contributed by atoms with Gasteiger partial charge in [0.1, 0.15) is 5.82 Å². The fraction of sp³-hybridized carbons (Fsp3) is 0.667. The molecule has 0 unspecified atom stereocenters. The minimum Gasteiger partial charge on any atom is -0.329 e. The second-order valence-electron chi connectivity index (χ2n) is 3.08. The van der Waals surface area contributed by atoms with Crippen LogP contribution < -0.4 is 5.73 Å². The van der Waals surface area contributed by atoms with Crippen LogP contribution in [-0.2, 0) is 6.54 Å². The molecule has 0 fully saturated rings. The molecule has 0 aromatic carbocycles. The summed E-state index contributed by atoms with van der Waals surface area (Å²) in [5.41, 5.74) is 5.51. The molecule has 0 atom stereocenters. The Balaban J connectivity index is 2.49. The minimum absolute atomic E-state index is 0.588. The number of aromatic nitrogens is 3. The van der Waals surface area contributed by atoms with E-state index in [9.17, 15) is 0 Å². The van der Waals surface area contributed by atoms with Crippen molar-refractivity contribution >= 4 is 11.8 Å². The molecule has 0 saturated carbocycles. The van der Waals surface area contributed by atoms with Gasteiger partial charge in [0.05, 0.1) is 6.07 Å². The maximum atomic E-state index is 8.40. The molecule has 0 aliphatic heterocycles. The zero-order valence-electron chi connectivity index (χ0n) is 8.81. The van der Waals surface area contributed by atoms with E-state index >= 15 is 0 Å². The summed E-state index contributed by atoms with van der Waals surface area (Å²) < 4.78 is 2.01. The molecule has 1 rings (SSSR count). The van der Waals surface area contributed by atoms with E-state index in [4.69, 9.17) is 11.0 Å². The van der Waals surface area contributed by atoms with Gasteiger partial charge in [-0.1, -0.05) is 11.8 Å². The normalized spacial score (nSPS) is 10.2. The van der Waals surface area contributed by atoms with Gasteiger partial charge in [-0.25, -0.2) is 0 Å². The second kappa shape index (κ2) is 6.43. The highest BCUT2D eigenvalue weighted by Gasteiger charge is 2.07. The van der Waals surface area contributed by atoms with Crippen molar-refractivity contribution in [1.29, 1.82) is 5.26 Å². The van der Waals surface area contributed by atoms with E-state index in [-0.39, 0.29) is 0 Å². The first-order chi connectivity index (χ1) is 7.29. The highest BCUT2D eigenvalue weighted by molar-refractivity contribution is 7.99. The van der Waals surface area contributed by atoms with Crippen molar-refractivity contribution in [3.8, 4) is 6.07 Å². The standard InChI is InChI=1S/C9H15N5S/c1-8-12-13-9(14(8)6-5-11)15-7-3-2-4-10/h2-3,5-7,11H2,1H3. The number of hydrogen-bond donors (Lipinski definition) is 1. The van der Waals surface area contributed by atoms with Crippen molar-refractivity contribution < 1.29 is 0 Å². The van der Waals surface area contributed by atoms with Gasteiger partial charge in [0.2, 0.25) is 0 Å². The Bertz CT molecular complexity index is 341. The van der Waals surface area contributed by atoms with Gasteiger partial charge in [-0.3, -0.25) is 0 Å². The fourth-order valence-corrected chi connectivity index (χ4v) is 2.12. The molecule has 0 amide bonds. The first-order valence-corrected chi connectivity index (χ1v) is 5.87. The molecule has 1 aromatic rings. The van der Waals surface area contributed by atoms with Gasteiger partial charge in [-0.2, -0.15) is 5.26 Å². The molecule has 0 bridgehead atoms. The molecule has 0 aliphatic rings. The van der Waals surface area contributed by atoms with E-state index in [1.165, 1.54) is 0 Å². The van der Waals surface area contributed by atoms with E-state index in [2.05, 4.69) is 16.3 Å². The Kier molecular flexibility index (Phi) is 5.15. The van der Waals surface area contributed by atoms with Crippen molar-refractivity contribution in [1.82, 2.24) is 14.8 Å². The first-order valence-electron chi connectivity index (χ1n) is 4.89. The predicted molar refractivity (Wildman–Crippen MR) is 59.4 cm³/mol. The summed E-state index contributed by atoms with van der Waals surface area (Å²) in [4.78, 5) is 0. The van der Waals surface area contributed by atoms with Crippen molar-refractivity contribution in [3.05, 3.63) is 5.82 Å². The first kappa shape index (κ1) is 12.0. The summed E-state index contributed by atoms with van der Waals surface area (Å²) in [6, 6.07) is 2.12. The van der Waals surface area contributed by atoms with Gasteiger partial charge in [0.15, 0.2) is 5.16 Å². The summed E-state index contributed by atoms with van der Waals surface area (Å²) in [5, 5.41) is 17.4. The highest BCUT2D eigenvalue weighted by Crippen LogP contribution is 2.17. The molecule has 2 N–H and O–H groups in total. The van der Waals surface area contributed by atoms with Crippen molar-refractivity contribution in [2.24, 2.45) is 5.73 Å². The third kappa shape index (κ3) is 3.53. The topological polar surface area (TPSA) is 80.5 Å². The van der Waals surface area contributed by atoms with E-state index in [1.54, 1.807) is 11.8 Å². The van der Waals surface area contributed by atoms with Crippen molar-refractivity contribution in [2.45, 2.75) is 31.5 Å². The number of nitrogens with two attached hydrogens (primary N) is 1. The molecule has 1 aromatic heterocycles. The van der Waals surface area contributed by atoms with Crippen molar-refractivity contribution in [2.75, 3.05) is 12.3 Å². The summed E-state index contributed by atoms with van der Waals surface area (Å²) in [6.07, 6.45) is 1.48. The SMILES string of the molecule is Cc1nnc(SCCCC#N)n1CCN. The predicted octanol–water partition coefficient (Wildman–Crippen LogP) is 0.941. The summed E-state index contributed by atoms with van der Waals surface area (Å²) in [6.45, 7) is 3.26. The molecule has 6 heteroatoms. The van der Waals surface area contributed by atoms with Crippen LogP contribution in [-0.4, -0.2) is 27.1 Å². The number of aryl methyl sites for hydroxylation is 1. The maximum absolute atomic E-state index is 8.40. The van der Waals surface area contributed by atoms with Crippen LogP contribution in [0, 0.1) is 18.3 Å². The second-order valence-corrected chi connectivity index (χ2v) is 4.14. The Hall–Kier alpha value is -1.06. The average Bonchev–Trinajstić information content (AvgIpc) is 2.57. The molecule has 82 valence electrons. The molecule has 0 aliphatic carbocycles. The fourth-order valence-electron chi connectivity index (χ4n) is 1.17. The van der Waals surface area contributed by atoms with E-state index in [0.717, 1.165) is 29.7 Å². The van der Waals surface area contributed by atoms with Gasteiger partial charge < -0.3 is 10.3 Å². The van der Waals surface area contributed by atoms with Crippen LogP contribution in [0.3, 0.4) is 0 Å². The van der Waals surface area contributed by atoms with Gasteiger partial charge in [-0.05, 0) is 13.3 Å². The Morgan fingerprint density at radius 3 is 3.00 bits per heavy atom. The summed E-state index contributed by atoms with van der Waals surface area (Å²) in [7, 11) is 0. The van der Waals surface area contributed by atoms with Crippen LogP contribution in [0.2, 0.25) is 0 Å². The van der Waals surface area contributed by atoms with Gasteiger partial charge in [-0.15, -0.1) is 10.2 Å². The number of nitriles is 1. The molecular weight excluding hydrogens is 210 g/mol. The molecule has 0 spiro atoms. The Morgan fingerprint density at radius 1 is 1.53 bits per heavy atom. The van der Waals surface area contributed by atoms with Crippen molar-refractivity contribution in [3.63, 3.8) is 0 Å². The Morgan fingerprint density at radius 2 is 2.33 bits per heavy atom. The lowest BCUT2D eigenvalue weighted by molar-refractivity contribution is 0.627. The van der Waals surface area contributed by atoms with Crippen LogP contribution in [0.15, 0.2) is 5.16 Å².